The van der Waals surface area contributed by atoms with Crippen molar-refractivity contribution < 1.29 is 0 Å². The Morgan fingerprint density at radius 2 is 2.00 bits per heavy atom. The molecule has 1 aromatic carbocycles. The van der Waals surface area contributed by atoms with Crippen molar-refractivity contribution in [3.05, 3.63) is 29.8 Å². The summed E-state index contributed by atoms with van der Waals surface area (Å²) in [6.45, 7) is 3.35. The second kappa shape index (κ2) is 5.05. The Morgan fingerprint density at radius 3 is 2.47 bits per heavy atom. The number of rotatable bonds is 6. The molecule has 92 valence electrons. The molecule has 0 aromatic heterocycles. The summed E-state index contributed by atoms with van der Waals surface area (Å²) < 4.78 is 0. The van der Waals surface area contributed by atoms with Crippen molar-refractivity contribution in [2.45, 2.75) is 32.6 Å². The normalized spacial score (nSPS) is 16.5. The van der Waals surface area contributed by atoms with E-state index >= 15 is 0 Å². The molecule has 1 aliphatic rings. The molecular weight excluding hydrogens is 228 g/mol. The zero-order chi connectivity index (χ0) is 12.3. The minimum atomic E-state index is 0.459. The maximum atomic E-state index is 5.57. The predicted molar refractivity (Wildman–Crippen MR) is 77.4 cm³/mol. The van der Waals surface area contributed by atoms with Gasteiger partial charge in [0.15, 0.2) is 0 Å². The standard InChI is InChI=1S/C14H20N2S/c1-2-7-14(8-9-14)10-16-12-5-3-11(4-6-12)13(15)17/h3-6,16H,2,7-10H2,1H3,(H2,15,17). The number of hydrogen-bond acceptors (Lipinski definition) is 2. The van der Waals surface area contributed by atoms with Gasteiger partial charge in [-0.25, -0.2) is 0 Å². The van der Waals surface area contributed by atoms with E-state index in [-0.39, 0.29) is 0 Å². The number of nitrogens with one attached hydrogen (secondary N) is 1. The predicted octanol–water partition coefficient (Wildman–Crippen LogP) is 3.31. The van der Waals surface area contributed by atoms with Crippen LogP contribution in [0.5, 0.6) is 0 Å². The third-order valence-corrected chi connectivity index (χ3v) is 3.81. The van der Waals surface area contributed by atoms with E-state index in [1.165, 1.54) is 25.7 Å². The number of benzene rings is 1. The molecule has 0 aliphatic heterocycles. The van der Waals surface area contributed by atoms with Crippen LogP contribution >= 0.6 is 12.2 Å². The van der Waals surface area contributed by atoms with Gasteiger partial charge in [-0.05, 0) is 48.9 Å². The van der Waals surface area contributed by atoms with E-state index in [0.29, 0.717) is 10.4 Å². The van der Waals surface area contributed by atoms with E-state index in [9.17, 15) is 0 Å². The first kappa shape index (κ1) is 12.4. The zero-order valence-electron chi connectivity index (χ0n) is 10.3. The molecule has 0 spiro atoms. The van der Waals surface area contributed by atoms with E-state index in [4.69, 9.17) is 18.0 Å². The lowest BCUT2D eigenvalue weighted by Gasteiger charge is -2.16. The number of hydrogen-bond donors (Lipinski definition) is 2. The average molecular weight is 248 g/mol. The number of nitrogens with two attached hydrogens (primary N) is 1. The van der Waals surface area contributed by atoms with Gasteiger partial charge in [-0.3, -0.25) is 0 Å². The highest BCUT2D eigenvalue weighted by Crippen LogP contribution is 2.49. The molecule has 3 heteroatoms. The fraction of sp³-hybridized carbons (Fsp3) is 0.500. The van der Waals surface area contributed by atoms with Gasteiger partial charge in [-0.2, -0.15) is 0 Å². The maximum Gasteiger partial charge on any atom is 0.103 e. The lowest BCUT2D eigenvalue weighted by atomic mass is 10.0. The SMILES string of the molecule is CCCC1(CNc2ccc(C(N)=S)cc2)CC1. The molecule has 2 nitrogen and oxygen atoms in total. The van der Waals surface area contributed by atoms with Crippen LogP contribution in [0.15, 0.2) is 24.3 Å². The Bertz CT molecular complexity index is 393. The van der Waals surface area contributed by atoms with Crippen molar-refractivity contribution in [1.82, 2.24) is 0 Å². The van der Waals surface area contributed by atoms with Gasteiger partial charge in [0.2, 0.25) is 0 Å². The molecule has 0 heterocycles. The summed E-state index contributed by atoms with van der Waals surface area (Å²) in [5, 5.41) is 3.51. The molecule has 1 saturated carbocycles. The molecule has 0 amide bonds. The van der Waals surface area contributed by atoms with E-state index in [1.54, 1.807) is 0 Å². The van der Waals surface area contributed by atoms with Crippen molar-refractivity contribution in [1.29, 1.82) is 0 Å². The van der Waals surface area contributed by atoms with Crippen LogP contribution in [0.4, 0.5) is 5.69 Å². The minimum absolute atomic E-state index is 0.459. The van der Waals surface area contributed by atoms with Crippen molar-refractivity contribution in [2.24, 2.45) is 11.1 Å². The zero-order valence-corrected chi connectivity index (χ0v) is 11.1. The van der Waals surface area contributed by atoms with Crippen LogP contribution in [0.2, 0.25) is 0 Å². The fourth-order valence-electron chi connectivity index (χ4n) is 2.26. The lowest BCUT2D eigenvalue weighted by molar-refractivity contribution is 0.486. The van der Waals surface area contributed by atoms with Gasteiger partial charge in [0.05, 0.1) is 0 Å². The van der Waals surface area contributed by atoms with Crippen LogP contribution in [0.1, 0.15) is 38.2 Å². The van der Waals surface area contributed by atoms with Gasteiger partial charge in [-0.1, -0.05) is 25.6 Å². The summed E-state index contributed by atoms with van der Waals surface area (Å²) in [6.07, 6.45) is 5.37. The fourth-order valence-corrected chi connectivity index (χ4v) is 2.40. The highest BCUT2D eigenvalue weighted by Gasteiger charge is 2.40. The lowest BCUT2D eigenvalue weighted by Crippen LogP contribution is -2.15. The minimum Gasteiger partial charge on any atom is -0.389 e. The smallest absolute Gasteiger partial charge is 0.103 e. The third kappa shape index (κ3) is 3.19. The summed E-state index contributed by atoms with van der Waals surface area (Å²) >= 11 is 4.93. The first-order valence-corrected chi connectivity index (χ1v) is 6.70. The Morgan fingerprint density at radius 1 is 1.35 bits per heavy atom. The molecule has 0 atom stereocenters. The monoisotopic (exact) mass is 248 g/mol. The van der Waals surface area contributed by atoms with Gasteiger partial charge in [0.25, 0.3) is 0 Å². The highest BCUT2D eigenvalue weighted by atomic mass is 32.1. The molecule has 1 fully saturated rings. The van der Waals surface area contributed by atoms with Crippen LogP contribution in [0, 0.1) is 5.41 Å². The van der Waals surface area contributed by atoms with Crippen molar-refractivity contribution in [2.75, 3.05) is 11.9 Å². The second-order valence-corrected chi connectivity index (χ2v) is 5.48. The molecule has 1 aromatic rings. The summed E-state index contributed by atoms with van der Waals surface area (Å²) in [6, 6.07) is 8.06. The van der Waals surface area contributed by atoms with E-state index in [1.807, 2.05) is 12.1 Å². The van der Waals surface area contributed by atoms with Gasteiger partial charge < -0.3 is 11.1 Å². The molecule has 1 aliphatic carbocycles. The summed E-state index contributed by atoms with van der Waals surface area (Å²) in [5.41, 5.74) is 8.24. The maximum absolute atomic E-state index is 5.57. The first-order chi connectivity index (χ1) is 8.15. The van der Waals surface area contributed by atoms with Gasteiger partial charge in [0, 0.05) is 17.8 Å². The Balaban J connectivity index is 1.89. The van der Waals surface area contributed by atoms with Crippen LogP contribution in [0.25, 0.3) is 0 Å². The summed E-state index contributed by atoms with van der Waals surface area (Å²) in [5.74, 6) is 0. The molecule has 0 unspecified atom stereocenters. The third-order valence-electron chi connectivity index (χ3n) is 3.57. The number of anilines is 1. The molecule has 3 N–H and O–H groups in total. The van der Waals surface area contributed by atoms with Crippen LogP contribution in [-0.4, -0.2) is 11.5 Å². The molecule has 0 saturated heterocycles. The van der Waals surface area contributed by atoms with Crippen molar-refractivity contribution >= 4 is 22.9 Å². The van der Waals surface area contributed by atoms with Crippen molar-refractivity contribution in [3.63, 3.8) is 0 Å². The Hall–Kier alpha value is -1.09. The topological polar surface area (TPSA) is 38.0 Å². The van der Waals surface area contributed by atoms with Gasteiger partial charge in [0.1, 0.15) is 4.99 Å². The molecule has 2 rings (SSSR count). The molecule has 0 radical (unpaired) electrons. The molecule has 0 bridgehead atoms. The quantitative estimate of drug-likeness (QED) is 0.759. The van der Waals surface area contributed by atoms with Crippen molar-refractivity contribution in [3.8, 4) is 0 Å². The molecular formula is C14H20N2S. The molecule has 17 heavy (non-hydrogen) atoms. The number of thiocarbonyl (C=S) groups is 1. The van der Waals surface area contributed by atoms with Crippen LogP contribution < -0.4 is 11.1 Å². The van der Waals surface area contributed by atoms with E-state index in [0.717, 1.165) is 17.8 Å². The Kier molecular flexibility index (Phi) is 3.67. The average Bonchev–Trinajstić information content (AvgIpc) is 3.08. The summed E-state index contributed by atoms with van der Waals surface area (Å²) in [7, 11) is 0. The van der Waals surface area contributed by atoms with Crippen LogP contribution in [-0.2, 0) is 0 Å². The van der Waals surface area contributed by atoms with E-state index < -0.39 is 0 Å². The Labute approximate surface area is 109 Å². The first-order valence-electron chi connectivity index (χ1n) is 6.29. The highest BCUT2D eigenvalue weighted by molar-refractivity contribution is 7.80. The van der Waals surface area contributed by atoms with Gasteiger partial charge in [-0.15, -0.1) is 0 Å². The van der Waals surface area contributed by atoms with Crippen LogP contribution in [0.3, 0.4) is 0 Å². The van der Waals surface area contributed by atoms with Gasteiger partial charge >= 0.3 is 0 Å². The second-order valence-electron chi connectivity index (χ2n) is 5.05. The van der Waals surface area contributed by atoms with E-state index in [2.05, 4.69) is 24.4 Å². The summed E-state index contributed by atoms with van der Waals surface area (Å²) in [4.78, 5) is 0.459. The largest absolute Gasteiger partial charge is 0.389 e.